The highest BCUT2D eigenvalue weighted by atomic mass is 16.6. The zero-order valence-electron chi connectivity index (χ0n) is 9.70. The number of carbonyl (C=O) groups is 2. The highest BCUT2D eigenvalue weighted by molar-refractivity contribution is 6.08. The molecule has 2 N–H and O–H groups in total. The summed E-state index contributed by atoms with van der Waals surface area (Å²) in [4.78, 5) is 22.7. The number of esters is 1. The van der Waals surface area contributed by atoms with Gasteiger partial charge in [0.25, 0.3) is 0 Å². The number of Topliss-reactive ketones (excluding diaryl/α,β-unsaturated/α-hetero) is 1. The molecular weight excluding hydrogens is 200 g/mol. The van der Waals surface area contributed by atoms with Crippen LogP contribution in [0.5, 0.6) is 0 Å². The SMILES string of the molecule is CC(O)C(=O)C(C)(O)C(=O)OC(C)(C)C. The number of aliphatic hydroxyl groups is 2. The summed E-state index contributed by atoms with van der Waals surface area (Å²) in [6.07, 6.45) is -1.41. The van der Waals surface area contributed by atoms with Gasteiger partial charge in [0, 0.05) is 0 Å². The molecule has 0 amide bonds. The third kappa shape index (κ3) is 3.97. The molecule has 0 saturated carbocycles. The lowest BCUT2D eigenvalue weighted by atomic mass is 9.97. The van der Waals surface area contributed by atoms with E-state index in [1.165, 1.54) is 6.92 Å². The minimum Gasteiger partial charge on any atom is -0.457 e. The van der Waals surface area contributed by atoms with Gasteiger partial charge in [-0.25, -0.2) is 4.79 Å². The fourth-order valence-electron chi connectivity index (χ4n) is 0.885. The normalized spacial score (nSPS) is 17.8. The van der Waals surface area contributed by atoms with E-state index in [0.29, 0.717) is 0 Å². The summed E-state index contributed by atoms with van der Waals surface area (Å²) < 4.78 is 4.85. The Hall–Kier alpha value is -0.940. The Bertz CT molecular complexity index is 259. The van der Waals surface area contributed by atoms with Crippen molar-refractivity contribution in [3.05, 3.63) is 0 Å². The maximum absolute atomic E-state index is 11.4. The Morgan fingerprint density at radius 2 is 1.60 bits per heavy atom. The monoisotopic (exact) mass is 218 g/mol. The van der Waals surface area contributed by atoms with Gasteiger partial charge in [0.05, 0.1) is 0 Å². The topological polar surface area (TPSA) is 83.8 Å². The van der Waals surface area contributed by atoms with Crippen LogP contribution in [0.4, 0.5) is 0 Å². The largest absolute Gasteiger partial charge is 0.457 e. The molecule has 0 aliphatic rings. The number of hydrogen-bond donors (Lipinski definition) is 2. The highest BCUT2D eigenvalue weighted by Crippen LogP contribution is 2.16. The van der Waals surface area contributed by atoms with Crippen LogP contribution in [-0.2, 0) is 14.3 Å². The van der Waals surface area contributed by atoms with Crippen molar-refractivity contribution in [2.24, 2.45) is 0 Å². The Balaban J connectivity index is 4.75. The maximum atomic E-state index is 11.4. The zero-order chi connectivity index (χ0) is 12.4. The van der Waals surface area contributed by atoms with Crippen molar-refractivity contribution >= 4 is 11.8 Å². The molecule has 2 atom stereocenters. The number of carbonyl (C=O) groups excluding carboxylic acids is 2. The van der Waals surface area contributed by atoms with Crippen molar-refractivity contribution in [3.63, 3.8) is 0 Å². The molecule has 15 heavy (non-hydrogen) atoms. The summed E-state index contributed by atoms with van der Waals surface area (Å²) in [7, 11) is 0. The molecule has 0 heterocycles. The molecule has 0 aliphatic carbocycles. The summed E-state index contributed by atoms with van der Waals surface area (Å²) in [6, 6.07) is 0. The third-order valence-corrected chi connectivity index (χ3v) is 1.66. The molecule has 0 bridgehead atoms. The van der Waals surface area contributed by atoms with Crippen LogP contribution in [0, 0.1) is 0 Å². The van der Waals surface area contributed by atoms with E-state index < -0.39 is 29.1 Å². The Kier molecular flexibility index (Phi) is 4.01. The van der Waals surface area contributed by atoms with Crippen LogP contribution in [-0.4, -0.2) is 39.3 Å². The van der Waals surface area contributed by atoms with Crippen LogP contribution >= 0.6 is 0 Å². The fraction of sp³-hybridized carbons (Fsp3) is 0.800. The molecule has 0 aromatic rings. The fourth-order valence-corrected chi connectivity index (χ4v) is 0.885. The third-order valence-electron chi connectivity index (χ3n) is 1.66. The second-order valence-corrected chi connectivity index (χ2v) is 4.61. The van der Waals surface area contributed by atoms with E-state index in [0.717, 1.165) is 6.92 Å². The summed E-state index contributed by atoms with van der Waals surface area (Å²) in [5.41, 5.74) is -3.10. The van der Waals surface area contributed by atoms with Crippen LogP contribution in [0.1, 0.15) is 34.6 Å². The molecule has 0 saturated heterocycles. The van der Waals surface area contributed by atoms with E-state index in [1.54, 1.807) is 20.8 Å². The molecule has 0 rings (SSSR count). The molecule has 0 aliphatic heterocycles. The van der Waals surface area contributed by atoms with Crippen molar-refractivity contribution in [2.75, 3.05) is 0 Å². The number of ether oxygens (including phenoxy) is 1. The summed E-state index contributed by atoms with van der Waals surface area (Å²) >= 11 is 0. The molecule has 0 spiro atoms. The molecule has 0 radical (unpaired) electrons. The van der Waals surface area contributed by atoms with Gasteiger partial charge in [0.15, 0.2) is 0 Å². The van der Waals surface area contributed by atoms with Gasteiger partial charge in [-0.3, -0.25) is 4.79 Å². The standard InChI is InChI=1S/C10H18O5/c1-6(11)7(12)10(5,14)8(13)15-9(2,3)4/h6,11,14H,1-5H3. The smallest absolute Gasteiger partial charge is 0.346 e. The quantitative estimate of drug-likeness (QED) is 0.515. The van der Waals surface area contributed by atoms with Gasteiger partial charge in [-0.15, -0.1) is 0 Å². The van der Waals surface area contributed by atoms with E-state index in [1.807, 2.05) is 0 Å². The van der Waals surface area contributed by atoms with Crippen molar-refractivity contribution in [3.8, 4) is 0 Å². The Morgan fingerprint density at radius 3 is 1.87 bits per heavy atom. The average molecular weight is 218 g/mol. The van der Waals surface area contributed by atoms with Crippen molar-refractivity contribution in [1.82, 2.24) is 0 Å². The van der Waals surface area contributed by atoms with Crippen molar-refractivity contribution in [2.45, 2.75) is 51.9 Å². The van der Waals surface area contributed by atoms with Crippen molar-refractivity contribution < 1.29 is 24.5 Å². The van der Waals surface area contributed by atoms with Crippen LogP contribution in [0.25, 0.3) is 0 Å². The van der Waals surface area contributed by atoms with Gasteiger partial charge in [-0.2, -0.15) is 0 Å². The van der Waals surface area contributed by atoms with Gasteiger partial charge in [-0.05, 0) is 34.6 Å². The van der Waals surface area contributed by atoms with E-state index in [2.05, 4.69) is 0 Å². The lowest BCUT2D eigenvalue weighted by Crippen LogP contribution is -2.50. The first-order valence-corrected chi connectivity index (χ1v) is 4.66. The second-order valence-electron chi connectivity index (χ2n) is 4.61. The lowest BCUT2D eigenvalue weighted by molar-refractivity contribution is -0.180. The summed E-state index contributed by atoms with van der Waals surface area (Å²) in [5.74, 6) is -2.03. The second kappa shape index (κ2) is 4.28. The predicted octanol–water partition coefficient (Wildman–Crippen LogP) is 0.0290. The number of aliphatic hydroxyl groups excluding tert-OH is 1. The van der Waals surface area contributed by atoms with Crippen LogP contribution in [0.2, 0.25) is 0 Å². The lowest BCUT2D eigenvalue weighted by Gasteiger charge is -2.27. The van der Waals surface area contributed by atoms with Gasteiger partial charge in [-0.1, -0.05) is 0 Å². The predicted molar refractivity (Wildman–Crippen MR) is 53.2 cm³/mol. The van der Waals surface area contributed by atoms with E-state index in [-0.39, 0.29) is 0 Å². The maximum Gasteiger partial charge on any atom is 0.346 e. The molecule has 88 valence electrons. The molecule has 2 unspecified atom stereocenters. The summed E-state index contributed by atoms with van der Waals surface area (Å²) in [5, 5.41) is 18.6. The molecule has 0 fully saturated rings. The minimum atomic E-state index is -2.30. The minimum absolute atomic E-state index is 0.792. The van der Waals surface area contributed by atoms with Crippen LogP contribution in [0.15, 0.2) is 0 Å². The Morgan fingerprint density at radius 1 is 1.20 bits per heavy atom. The van der Waals surface area contributed by atoms with E-state index in [9.17, 15) is 14.7 Å². The highest BCUT2D eigenvalue weighted by Gasteiger charge is 2.43. The molecule has 5 heteroatoms. The van der Waals surface area contributed by atoms with Gasteiger partial charge >= 0.3 is 5.97 Å². The van der Waals surface area contributed by atoms with Crippen LogP contribution < -0.4 is 0 Å². The van der Waals surface area contributed by atoms with E-state index >= 15 is 0 Å². The zero-order valence-corrected chi connectivity index (χ0v) is 9.70. The molecular formula is C10H18O5. The molecule has 0 aromatic heterocycles. The first-order chi connectivity index (χ1) is 6.48. The Labute approximate surface area is 89.0 Å². The molecule has 5 nitrogen and oxygen atoms in total. The van der Waals surface area contributed by atoms with E-state index in [4.69, 9.17) is 9.84 Å². The van der Waals surface area contributed by atoms with Crippen molar-refractivity contribution in [1.29, 1.82) is 0 Å². The molecule has 0 aromatic carbocycles. The number of rotatable bonds is 3. The van der Waals surface area contributed by atoms with Gasteiger partial charge in [0.2, 0.25) is 11.4 Å². The van der Waals surface area contributed by atoms with Gasteiger partial charge < -0.3 is 14.9 Å². The van der Waals surface area contributed by atoms with Gasteiger partial charge in [0.1, 0.15) is 11.7 Å². The first-order valence-electron chi connectivity index (χ1n) is 4.66. The number of hydrogen-bond acceptors (Lipinski definition) is 5. The average Bonchev–Trinajstić information content (AvgIpc) is 1.99. The first kappa shape index (κ1) is 14.1. The van der Waals surface area contributed by atoms with Crippen LogP contribution in [0.3, 0.4) is 0 Å². The summed E-state index contributed by atoms with van der Waals surface area (Å²) in [6.45, 7) is 7.05. The number of ketones is 1.